The quantitative estimate of drug-likeness (QED) is 0.175. The third kappa shape index (κ3) is 9.08. The second-order valence-corrected chi connectivity index (χ2v) is 5.63. The zero-order chi connectivity index (χ0) is 17.8. The van der Waals surface area contributed by atoms with Crippen molar-refractivity contribution in [2.75, 3.05) is 6.61 Å². The highest BCUT2D eigenvalue weighted by Gasteiger charge is 2.20. The lowest BCUT2D eigenvalue weighted by Gasteiger charge is -2.14. The number of unbranched alkanes of at least 4 members (excludes halogenated alkanes) is 2. The maximum Gasteiger partial charge on any atom is 0.342 e. The van der Waals surface area contributed by atoms with Crippen molar-refractivity contribution in [2.45, 2.75) is 65.4 Å². The topological polar surface area (TPSA) is 87.0 Å². The number of carbonyl (C=O) groups excluding carboxylic acids is 1. The number of hydrogen-bond donors (Lipinski definition) is 3. The van der Waals surface area contributed by atoms with Gasteiger partial charge in [0.2, 0.25) is 0 Å². The number of carbonyl (C=O) groups is 1. The van der Waals surface area contributed by atoms with Crippen LogP contribution in [-0.2, 0) is 9.53 Å². The molecule has 0 heterocycles. The van der Waals surface area contributed by atoms with Crippen molar-refractivity contribution in [1.82, 2.24) is 0 Å². The molecule has 132 valence electrons. The summed E-state index contributed by atoms with van der Waals surface area (Å²) in [5, 5.41) is 28.9. The van der Waals surface area contributed by atoms with Gasteiger partial charge in [0.1, 0.15) is 17.9 Å². The summed E-state index contributed by atoms with van der Waals surface area (Å²) in [4.78, 5) is 12.2. The number of ether oxygens (including phenoxy) is 1. The lowest BCUT2D eigenvalue weighted by atomic mass is 9.99. The third-order valence-electron chi connectivity index (χ3n) is 3.28. The van der Waals surface area contributed by atoms with E-state index in [2.05, 4.69) is 13.5 Å². The molecule has 5 heteroatoms. The minimum atomic E-state index is -0.739. The second-order valence-electron chi connectivity index (χ2n) is 5.63. The summed E-state index contributed by atoms with van der Waals surface area (Å²) in [6, 6.07) is 0. The van der Waals surface area contributed by atoms with Crippen LogP contribution in [-0.4, -0.2) is 34.0 Å². The summed E-state index contributed by atoms with van der Waals surface area (Å²) in [6.45, 7) is 8.77. The van der Waals surface area contributed by atoms with Gasteiger partial charge in [-0.15, -0.1) is 0 Å². The van der Waals surface area contributed by atoms with E-state index in [0.29, 0.717) is 18.4 Å². The molecule has 3 N–H and O–H groups in total. The largest absolute Gasteiger partial charge is 0.513 e. The van der Waals surface area contributed by atoms with Crippen LogP contribution in [0.2, 0.25) is 0 Å². The molecule has 0 saturated heterocycles. The van der Waals surface area contributed by atoms with Crippen molar-refractivity contribution in [1.29, 1.82) is 0 Å². The molecule has 0 aliphatic heterocycles. The molecule has 1 atom stereocenters. The van der Waals surface area contributed by atoms with Crippen molar-refractivity contribution < 1.29 is 24.9 Å². The van der Waals surface area contributed by atoms with Gasteiger partial charge in [-0.25, -0.2) is 4.79 Å². The fraction of sp³-hybridized carbons (Fsp3) is 0.611. The Labute approximate surface area is 139 Å². The van der Waals surface area contributed by atoms with Gasteiger partial charge in [0, 0.05) is 0 Å². The predicted molar refractivity (Wildman–Crippen MR) is 91.2 cm³/mol. The Kier molecular flexibility index (Phi) is 10.9. The van der Waals surface area contributed by atoms with E-state index >= 15 is 0 Å². The highest BCUT2D eigenvalue weighted by molar-refractivity contribution is 5.94. The van der Waals surface area contributed by atoms with Crippen LogP contribution in [0.1, 0.15) is 59.3 Å². The maximum atomic E-state index is 12.2. The highest BCUT2D eigenvalue weighted by atomic mass is 16.5. The first kappa shape index (κ1) is 21.2. The molecule has 23 heavy (non-hydrogen) atoms. The molecule has 0 fully saturated rings. The van der Waals surface area contributed by atoms with E-state index in [1.807, 2.05) is 6.92 Å². The van der Waals surface area contributed by atoms with Gasteiger partial charge in [-0.3, -0.25) is 0 Å². The SMILES string of the molecule is C=C(O)/C(C(=O)OCC(O)CCC)=C(\C=C(/C)O)CCCCC. The molecule has 0 radical (unpaired) electrons. The second kappa shape index (κ2) is 11.8. The molecule has 0 aliphatic carbocycles. The van der Waals surface area contributed by atoms with Crippen LogP contribution in [0.4, 0.5) is 0 Å². The molecule has 0 spiro atoms. The van der Waals surface area contributed by atoms with E-state index < -0.39 is 17.8 Å². The number of hydrogen-bond acceptors (Lipinski definition) is 5. The molecule has 1 unspecified atom stereocenters. The normalized spacial score (nSPS) is 14.2. The fourth-order valence-electron chi connectivity index (χ4n) is 2.18. The standard InChI is InChI=1S/C18H30O5/c1-5-7-8-10-15(11-13(3)19)17(14(4)20)18(22)23-12-16(21)9-6-2/h11,16,19-21H,4-10,12H2,1-3H3/b13-11+,17-15+. The van der Waals surface area contributed by atoms with E-state index in [1.165, 1.54) is 13.0 Å². The third-order valence-corrected chi connectivity index (χ3v) is 3.28. The van der Waals surface area contributed by atoms with Gasteiger partial charge in [-0.05, 0) is 37.8 Å². The van der Waals surface area contributed by atoms with Crippen molar-refractivity contribution in [2.24, 2.45) is 0 Å². The van der Waals surface area contributed by atoms with Crippen LogP contribution in [0.25, 0.3) is 0 Å². The Morgan fingerprint density at radius 2 is 1.87 bits per heavy atom. The van der Waals surface area contributed by atoms with E-state index in [9.17, 15) is 20.1 Å². The van der Waals surface area contributed by atoms with Crippen LogP contribution >= 0.6 is 0 Å². The first-order chi connectivity index (χ1) is 10.8. The number of rotatable bonds is 11. The van der Waals surface area contributed by atoms with Crippen molar-refractivity contribution in [3.05, 3.63) is 35.3 Å². The summed E-state index contributed by atoms with van der Waals surface area (Å²) in [7, 11) is 0. The number of aliphatic hydroxyl groups is 3. The van der Waals surface area contributed by atoms with Crippen LogP contribution in [0.5, 0.6) is 0 Å². The monoisotopic (exact) mass is 326 g/mol. The van der Waals surface area contributed by atoms with E-state index in [1.54, 1.807) is 0 Å². The maximum absolute atomic E-state index is 12.2. The summed E-state index contributed by atoms with van der Waals surface area (Å²) < 4.78 is 5.07. The number of aliphatic hydroxyl groups excluding tert-OH is 3. The number of esters is 1. The molecule has 0 aromatic carbocycles. The van der Waals surface area contributed by atoms with Crippen LogP contribution in [0.15, 0.2) is 35.3 Å². The average molecular weight is 326 g/mol. The van der Waals surface area contributed by atoms with E-state index in [-0.39, 0.29) is 17.9 Å². The minimum Gasteiger partial charge on any atom is -0.513 e. The molecule has 5 nitrogen and oxygen atoms in total. The van der Waals surface area contributed by atoms with E-state index in [0.717, 1.165) is 25.7 Å². The molecular weight excluding hydrogens is 296 g/mol. The Bertz CT molecular complexity index is 444. The van der Waals surface area contributed by atoms with Crippen molar-refractivity contribution in [3.63, 3.8) is 0 Å². The molecule has 0 aromatic rings. The summed E-state index contributed by atoms with van der Waals surface area (Å²) in [5.74, 6) is -1.10. The zero-order valence-electron chi connectivity index (χ0n) is 14.5. The van der Waals surface area contributed by atoms with Gasteiger partial charge in [-0.2, -0.15) is 0 Å². The van der Waals surface area contributed by atoms with Crippen LogP contribution < -0.4 is 0 Å². The Balaban J connectivity index is 5.26. The molecular formula is C18H30O5. The zero-order valence-corrected chi connectivity index (χ0v) is 14.5. The molecule has 0 aliphatic rings. The Morgan fingerprint density at radius 1 is 1.22 bits per heavy atom. The Morgan fingerprint density at radius 3 is 2.35 bits per heavy atom. The average Bonchev–Trinajstić information content (AvgIpc) is 2.44. The fourth-order valence-corrected chi connectivity index (χ4v) is 2.18. The first-order valence-corrected chi connectivity index (χ1v) is 8.17. The van der Waals surface area contributed by atoms with Crippen molar-refractivity contribution in [3.8, 4) is 0 Å². The van der Waals surface area contributed by atoms with Gasteiger partial charge in [-0.1, -0.05) is 39.7 Å². The van der Waals surface area contributed by atoms with Gasteiger partial charge < -0.3 is 20.1 Å². The predicted octanol–water partition coefficient (Wildman–Crippen LogP) is 4.10. The van der Waals surface area contributed by atoms with Gasteiger partial charge in [0.05, 0.1) is 11.9 Å². The molecule has 0 amide bonds. The van der Waals surface area contributed by atoms with E-state index in [4.69, 9.17) is 4.74 Å². The van der Waals surface area contributed by atoms with Crippen LogP contribution in [0, 0.1) is 0 Å². The molecule has 0 saturated carbocycles. The van der Waals surface area contributed by atoms with Gasteiger partial charge in [0.15, 0.2) is 0 Å². The molecule has 0 bridgehead atoms. The molecule has 0 aromatic heterocycles. The highest BCUT2D eigenvalue weighted by Crippen LogP contribution is 2.22. The minimum absolute atomic E-state index is 0.0362. The molecule has 0 rings (SSSR count). The van der Waals surface area contributed by atoms with Gasteiger partial charge >= 0.3 is 5.97 Å². The lowest BCUT2D eigenvalue weighted by Crippen LogP contribution is -2.20. The van der Waals surface area contributed by atoms with Crippen molar-refractivity contribution >= 4 is 5.97 Å². The number of allylic oxidation sites excluding steroid dienone is 3. The lowest BCUT2D eigenvalue weighted by molar-refractivity contribution is -0.142. The smallest absolute Gasteiger partial charge is 0.342 e. The summed E-state index contributed by atoms with van der Waals surface area (Å²) in [6.07, 6.45) is 5.35. The first-order valence-electron chi connectivity index (χ1n) is 8.17. The summed E-state index contributed by atoms with van der Waals surface area (Å²) >= 11 is 0. The van der Waals surface area contributed by atoms with Gasteiger partial charge in [0.25, 0.3) is 0 Å². The summed E-state index contributed by atoms with van der Waals surface area (Å²) in [5.41, 5.74) is 0.444. The Hall–Kier alpha value is -1.75. The van der Waals surface area contributed by atoms with Crippen LogP contribution in [0.3, 0.4) is 0 Å².